The van der Waals surface area contributed by atoms with Crippen LogP contribution in [0.5, 0.6) is 0 Å². The summed E-state index contributed by atoms with van der Waals surface area (Å²) in [6.45, 7) is 7.10. The van der Waals surface area contributed by atoms with Gasteiger partial charge in [-0.05, 0) is 23.8 Å². The molecule has 0 aliphatic carbocycles. The summed E-state index contributed by atoms with van der Waals surface area (Å²) in [5.74, 6) is 0. The van der Waals surface area contributed by atoms with Crippen LogP contribution in [-0.4, -0.2) is 9.78 Å². The van der Waals surface area contributed by atoms with Gasteiger partial charge in [0.15, 0.2) is 0 Å². The van der Waals surface area contributed by atoms with Crippen molar-refractivity contribution in [2.45, 2.75) is 32.7 Å². The molecule has 18 heavy (non-hydrogen) atoms. The van der Waals surface area contributed by atoms with Gasteiger partial charge in [-0.3, -0.25) is 0 Å². The topological polar surface area (TPSA) is 17.8 Å². The lowest BCUT2D eigenvalue weighted by Crippen LogP contribution is -2.13. The van der Waals surface area contributed by atoms with Crippen molar-refractivity contribution in [3.63, 3.8) is 0 Å². The van der Waals surface area contributed by atoms with Crippen LogP contribution in [0.1, 0.15) is 32.0 Å². The lowest BCUT2D eigenvalue weighted by atomic mass is 9.93. The summed E-state index contributed by atoms with van der Waals surface area (Å²) in [4.78, 5) is 0. The van der Waals surface area contributed by atoms with Crippen molar-refractivity contribution in [2.75, 3.05) is 0 Å². The fourth-order valence-corrected chi connectivity index (χ4v) is 2.10. The second kappa shape index (κ2) is 5.06. The molecule has 2 rings (SSSR count). The van der Waals surface area contributed by atoms with E-state index in [1.807, 2.05) is 22.9 Å². The molecule has 0 unspecified atom stereocenters. The molecule has 2 aromatic rings. The number of aromatic nitrogens is 2. The van der Waals surface area contributed by atoms with Crippen LogP contribution in [0.15, 0.2) is 34.8 Å². The summed E-state index contributed by atoms with van der Waals surface area (Å²) >= 11 is 9.65. The summed E-state index contributed by atoms with van der Waals surface area (Å²) < 4.78 is 2.92. The zero-order valence-electron chi connectivity index (χ0n) is 10.7. The van der Waals surface area contributed by atoms with Crippen molar-refractivity contribution in [1.82, 2.24) is 9.78 Å². The average molecular weight is 328 g/mol. The van der Waals surface area contributed by atoms with Gasteiger partial charge in [0.1, 0.15) is 5.15 Å². The van der Waals surface area contributed by atoms with E-state index in [9.17, 15) is 0 Å². The maximum atomic E-state index is 6.22. The molecule has 0 N–H and O–H groups in total. The van der Waals surface area contributed by atoms with Crippen LogP contribution in [0.2, 0.25) is 5.15 Å². The molecular formula is C14H16BrClN2. The van der Waals surface area contributed by atoms with Gasteiger partial charge in [-0.15, -0.1) is 0 Å². The number of hydrogen-bond acceptors (Lipinski definition) is 1. The third kappa shape index (κ3) is 3.15. The van der Waals surface area contributed by atoms with Gasteiger partial charge in [0.25, 0.3) is 0 Å². The predicted molar refractivity (Wildman–Crippen MR) is 79.2 cm³/mol. The highest BCUT2D eigenvalue weighted by atomic mass is 79.9. The molecule has 1 aromatic carbocycles. The number of rotatable bonds is 2. The molecule has 0 spiro atoms. The van der Waals surface area contributed by atoms with E-state index in [0.29, 0.717) is 11.7 Å². The minimum absolute atomic E-state index is 0.0224. The predicted octanol–water partition coefficient (Wildman–Crippen LogP) is 4.64. The number of halogens is 2. The minimum atomic E-state index is 0.0224. The first-order valence-electron chi connectivity index (χ1n) is 5.84. The van der Waals surface area contributed by atoms with Crippen LogP contribution in [0.4, 0.5) is 0 Å². The van der Waals surface area contributed by atoms with E-state index >= 15 is 0 Å². The lowest BCUT2D eigenvalue weighted by Gasteiger charge is -2.14. The molecule has 0 amide bonds. The molecule has 0 atom stereocenters. The summed E-state index contributed by atoms with van der Waals surface area (Å²) in [5.41, 5.74) is 2.22. The van der Waals surface area contributed by atoms with Crippen LogP contribution in [-0.2, 0) is 12.0 Å². The van der Waals surface area contributed by atoms with Crippen molar-refractivity contribution in [1.29, 1.82) is 0 Å². The third-order valence-electron chi connectivity index (χ3n) is 2.74. The SMILES string of the molecule is CC(C)(C)c1cc(Cl)n(Cc2ccc(Br)cc2)n1. The van der Waals surface area contributed by atoms with Gasteiger partial charge in [0.2, 0.25) is 0 Å². The Morgan fingerprint density at radius 1 is 1.22 bits per heavy atom. The Morgan fingerprint density at radius 2 is 1.83 bits per heavy atom. The van der Waals surface area contributed by atoms with E-state index in [2.05, 4.69) is 53.9 Å². The largest absolute Gasteiger partial charge is 0.249 e. The van der Waals surface area contributed by atoms with E-state index in [1.165, 1.54) is 5.56 Å². The van der Waals surface area contributed by atoms with E-state index in [-0.39, 0.29) is 5.41 Å². The summed E-state index contributed by atoms with van der Waals surface area (Å²) in [7, 11) is 0. The molecule has 0 aliphatic rings. The normalized spacial score (nSPS) is 11.8. The van der Waals surface area contributed by atoms with Crippen LogP contribution in [0.25, 0.3) is 0 Å². The molecular weight excluding hydrogens is 312 g/mol. The van der Waals surface area contributed by atoms with E-state index in [4.69, 9.17) is 11.6 Å². The smallest absolute Gasteiger partial charge is 0.127 e. The van der Waals surface area contributed by atoms with Gasteiger partial charge >= 0.3 is 0 Å². The van der Waals surface area contributed by atoms with Gasteiger partial charge in [0.05, 0.1) is 12.2 Å². The van der Waals surface area contributed by atoms with Crippen LogP contribution in [0.3, 0.4) is 0 Å². The first-order chi connectivity index (χ1) is 8.36. The van der Waals surface area contributed by atoms with Gasteiger partial charge in [0, 0.05) is 9.89 Å². The van der Waals surface area contributed by atoms with E-state index in [1.54, 1.807) is 0 Å². The maximum Gasteiger partial charge on any atom is 0.127 e. The Balaban J connectivity index is 2.24. The quantitative estimate of drug-likeness (QED) is 0.785. The van der Waals surface area contributed by atoms with E-state index < -0.39 is 0 Å². The second-order valence-electron chi connectivity index (χ2n) is 5.39. The zero-order valence-corrected chi connectivity index (χ0v) is 13.1. The molecule has 0 aliphatic heterocycles. The fourth-order valence-electron chi connectivity index (χ4n) is 1.63. The fraction of sp³-hybridized carbons (Fsp3) is 0.357. The highest BCUT2D eigenvalue weighted by Gasteiger charge is 2.19. The minimum Gasteiger partial charge on any atom is -0.249 e. The molecule has 0 bridgehead atoms. The number of hydrogen-bond donors (Lipinski definition) is 0. The van der Waals surface area contributed by atoms with Crippen LogP contribution >= 0.6 is 27.5 Å². The van der Waals surface area contributed by atoms with Gasteiger partial charge in [-0.2, -0.15) is 5.10 Å². The monoisotopic (exact) mass is 326 g/mol. The molecule has 1 aromatic heterocycles. The molecule has 0 saturated carbocycles. The van der Waals surface area contributed by atoms with E-state index in [0.717, 1.165) is 10.2 Å². The van der Waals surface area contributed by atoms with Crippen LogP contribution < -0.4 is 0 Å². The van der Waals surface area contributed by atoms with Crippen molar-refractivity contribution in [3.8, 4) is 0 Å². The van der Waals surface area contributed by atoms with Crippen molar-refractivity contribution in [3.05, 3.63) is 51.2 Å². The van der Waals surface area contributed by atoms with Gasteiger partial charge < -0.3 is 0 Å². The van der Waals surface area contributed by atoms with Gasteiger partial charge in [-0.25, -0.2) is 4.68 Å². The Morgan fingerprint density at radius 3 is 2.33 bits per heavy atom. The van der Waals surface area contributed by atoms with Crippen LogP contribution in [0, 0.1) is 0 Å². The number of nitrogens with zero attached hydrogens (tertiary/aromatic N) is 2. The molecule has 0 saturated heterocycles. The Hall–Kier alpha value is -0.800. The van der Waals surface area contributed by atoms with Crippen molar-refractivity contribution >= 4 is 27.5 Å². The summed E-state index contributed by atoms with van der Waals surface area (Å²) in [6.07, 6.45) is 0. The Labute approximate surface area is 121 Å². The Bertz CT molecular complexity index is 538. The molecule has 0 fully saturated rings. The molecule has 2 nitrogen and oxygen atoms in total. The maximum absolute atomic E-state index is 6.22. The third-order valence-corrected chi connectivity index (χ3v) is 3.58. The Kier molecular flexibility index (Phi) is 3.83. The summed E-state index contributed by atoms with van der Waals surface area (Å²) in [6, 6.07) is 10.1. The van der Waals surface area contributed by atoms with Crippen molar-refractivity contribution in [2.24, 2.45) is 0 Å². The molecule has 96 valence electrons. The zero-order chi connectivity index (χ0) is 13.3. The standard InChI is InChI=1S/C14H16BrClN2/c1-14(2,3)12-8-13(16)18(17-12)9-10-4-6-11(15)7-5-10/h4-8H,9H2,1-3H3. The highest BCUT2D eigenvalue weighted by molar-refractivity contribution is 9.10. The first-order valence-corrected chi connectivity index (χ1v) is 7.01. The number of benzene rings is 1. The second-order valence-corrected chi connectivity index (χ2v) is 6.69. The molecule has 4 heteroatoms. The first kappa shape index (κ1) is 13.6. The summed E-state index contributed by atoms with van der Waals surface area (Å²) in [5, 5.41) is 5.25. The average Bonchev–Trinajstić information content (AvgIpc) is 2.63. The van der Waals surface area contributed by atoms with Crippen molar-refractivity contribution < 1.29 is 0 Å². The van der Waals surface area contributed by atoms with Gasteiger partial charge in [-0.1, -0.05) is 60.4 Å². The molecule has 0 radical (unpaired) electrons. The lowest BCUT2D eigenvalue weighted by molar-refractivity contribution is 0.545. The highest BCUT2D eigenvalue weighted by Crippen LogP contribution is 2.24. The molecule has 1 heterocycles.